The lowest BCUT2D eigenvalue weighted by Crippen LogP contribution is -2.46. The lowest BCUT2D eigenvalue weighted by atomic mass is 9.86. The van der Waals surface area contributed by atoms with E-state index in [1.54, 1.807) is 13.0 Å². The van der Waals surface area contributed by atoms with Gasteiger partial charge >= 0.3 is 5.97 Å². The van der Waals surface area contributed by atoms with Crippen molar-refractivity contribution in [3.63, 3.8) is 0 Å². The number of fused-ring (bicyclic) bond motifs is 2. The van der Waals surface area contributed by atoms with Crippen LogP contribution in [0, 0.1) is 23.2 Å². The minimum absolute atomic E-state index is 0.0306. The number of hydrogen-bond acceptors (Lipinski definition) is 9. The Balaban J connectivity index is 1.03. The van der Waals surface area contributed by atoms with Crippen molar-refractivity contribution in [2.75, 3.05) is 55.6 Å². The van der Waals surface area contributed by atoms with Gasteiger partial charge in [-0.15, -0.1) is 10.2 Å². The number of aryl methyl sites for hydroxylation is 1. The van der Waals surface area contributed by atoms with Gasteiger partial charge in [-0.1, -0.05) is 6.92 Å². The minimum Gasteiger partial charge on any atom is -0.476 e. The van der Waals surface area contributed by atoms with Gasteiger partial charge in [0.2, 0.25) is 5.91 Å². The zero-order valence-electron chi connectivity index (χ0n) is 27.3. The molecule has 4 aliphatic heterocycles. The molecule has 0 radical (unpaired) electrons. The van der Waals surface area contributed by atoms with Crippen LogP contribution in [0.25, 0.3) is 0 Å². The monoisotopic (exact) mass is 637 g/mol. The average molecular weight is 638 g/mol. The van der Waals surface area contributed by atoms with Gasteiger partial charge in [-0.05, 0) is 79.8 Å². The molecule has 2 aromatic heterocycles. The van der Waals surface area contributed by atoms with Gasteiger partial charge in [0.15, 0.2) is 17.3 Å². The summed E-state index contributed by atoms with van der Waals surface area (Å²) >= 11 is 0. The normalized spacial score (nSPS) is 22.0. The Morgan fingerprint density at radius 3 is 2.55 bits per heavy atom. The molecule has 4 aliphatic rings. The maximum atomic E-state index is 12.4. The highest BCUT2D eigenvalue weighted by Gasteiger charge is 2.35. The van der Waals surface area contributed by atoms with E-state index < -0.39 is 5.97 Å². The number of carboxylic acid groups (broad SMARTS) is 1. The van der Waals surface area contributed by atoms with E-state index in [-0.39, 0.29) is 11.6 Å². The fourth-order valence-electron chi connectivity index (χ4n) is 8.06. The second-order valence-corrected chi connectivity index (χ2v) is 13.7. The van der Waals surface area contributed by atoms with E-state index in [2.05, 4.69) is 48.6 Å². The predicted molar refractivity (Wildman–Crippen MR) is 177 cm³/mol. The molecule has 0 spiro atoms. The van der Waals surface area contributed by atoms with Gasteiger partial charge in [0, 0.05) is 76.1 Å². The van der Waals surface area contributed by atoms with Crippen molar-refractivity contribution in [3.05, 3.63) is 58.4 Å². The van der Waals surface area contributed by atoms with Gasteiger partial charge < -0.3 is 24.7 Å². The molecule has 47 heavy (non-hydrogen) atoms. The van der Waals surface area contributed by atoms with E-state index in [4.69, 9.17) is 10.2 Å². The number of hydrogen-bond donors (Lipinski definition) is 1. The number of aromatic nitrogens is 4. The SMILES string of the molecule is CC(=O)N1CCc2c(c(N3CCCc4cc(C#N)ccc43)nn2C2CCN(C[C@H]3CCN(c4ccc(C(=O)O)nn4)C[C@H]3C)CC2)C1. The molecule has 2 fully saturated rings. The van der Waals surface area contributed by atoms with Gasteiger partial charge in [-0.3, -0.25) is 9.48 Å². The molecule has 1 aromatic carbocycles. The molecule has 1 N–H and O–H groups in total. The number of piperidine rings is 2. The van der Waals surface area contributed by atoms with Crippen LogP contribution >= 0.6 is 0 Å². The van der Waals surface area contributed by atoms with Crippen molar-refractivity contribution < 1.29 is 14.7 Å². The van der Waals surface area contributed by atoms with Crippen LogP contribution in [0.3, 0.4) is 0 Å². The second kappa shape index (κ2) is 13.0. The average Bonchev–Trinajstić information content (AvgIpc) is 3.47. The molecule has 2 saturated heterocycles. The first kappa shape index (κ1) is 31.1. The topological polar surface area (TPSA) is 135 Å². The molecule has 0 saturated carbocycles. The molecule has 3 aromatic rings. The third-order valence-corrected chi connectivity index (χ3v) is 10.8. The number of rotatable bonds is 6. The van der Waals surface area contributed by atoms with Gasteiger partial charge in [0.05, 0.1) is 24.2 Å². The molecular weight excluding hydrogens is 594 g/mol. The van der Waals surface area contributed by atoms with Crippen molar-refractivity contribution in [2.45, 2.75) is 65.0 Å². The van der Waals surface area contributed by atoms with Crippen LogP contribution in [0.2, 0.25) is 0 Å². The Morgan fingerprint density at radius 1 is 1.02 bits per heavy atom. The molecular formula is C35H43N9O3. The molecule has 0 aliphatic carbocycles. The van der Waals surface area contributed by atoms with Crippen LogP contribution in [0.1, 0.15) is 78.4 Å². The molecule has 0 unspecified atom stereocenters. The molecule has 6 heterocycles. The third-order valence-electron chi connectivity index (χ3n) is 10.8. The summed E-state index contributed by atoms with van der Waals surface area (Å²) in [6, 6.07) is 11.9. The van der Waals surface area contributed by atoms with Crippen LogP contribution < -0.4 is 9.80 Å². The zero-order chi connectivity index (χ0) is 32.7. The van der Waals surface area contributed by atoms with Crippen molar-refractivity contribution in [2.24, 2.45) is 11.8 Å². The van der Waals surface area contributed by atoms with Gasteiger partial charge in [-0.2, -0.15) is 10.4 Å². The standard InChI is InChI=1S/C35H43N9O3/c1-23-20-42(33-8-6-30(35(46)47)37-38-33)16-9-27(23)21-40-14-10-28(11-15-40)44-32-12-17-41(24(2)45)22-29(32)34(39-44)43-13-3-4-26-18-25(19-36)5-7-31(26)43/h5-8,18,23,27-28H,3-4,9-17,20-22H2,1-2H3,(H,46,47)/t23-,27-/m1/s1. The Kier molecular flexibility index (Phi) is 8.57. The van der Waals surface area contributed by atoms with Crippen LogP contribution in [-0.4, -0.2) is 92.6 Å². The first-order valence-corrected chi connectivity index (χ1v) is 17.0. The smallest absolute Gasteiger partial charge is 0.356 e. The van der Waals surface area contributed by atoms with Crippen molar-refractivity contribution in [3.8, 4) is 6.07 Å². The third kappa shape index (κ3) is 6.16. The summed E-state index contributed by atoms with van der Waals surface area (Å²) in [6.45, 7) is 11.1. The Hall–Kier alpha value is -4.50. The zero-order valence-corrected chi connectivity index (χ0v) is 27.3. The van der Waals surface area contributed by atoms with Gasteiger partial charge in [0.1, 0.15) is 0 Å². The summed E-state index contributed by atoms with van der Waals surface area (Å²) in [5.74, 6) is 1.84. The molecule has 2 atom stereocenters. The number of nitriles is 1. The molecule has 12 heteroatoms. The summed E-state index contributed by atoms with van der Waals surface area (Å²) in [6.07, 6.45) is 5.93. The van der Waals surface area contributed by atoms with E-state index in [0.717, 1.165) is 102 Å². The highest BCUT2D eigenvalue weighted by atomic mass is 16.4. The number of carboxylic acids is 1. The van der Waals surface area contributed by atoms with Crippen LogP contribution in [-0.2, 0) is 24.2 Å². The van der Waals surface area contributed by atoms with E-state index >= 15 is 0 Å². The molecule has 0 bridgehead atoms. The number of benzene rings is 1. The number of likely N-dealkylation sites (tertiary alicyclic amines) is 1. The van der Waals surface area contributed by atoms with E-state index in [0.29, 0.717) is 30.0 Å². The quantitative estimate of drug-likeness (QED) is 0.422. The van der Waals surface area contributed by atoms with Crippen LogP contribution in [0.5, 0.6) is 0 Å². The molecule has 246 valence electrons. The number of anilines is 3. The largest absolute Gasteiger partial charge is 0.476 e. The molecule has 12 nitrogen and oxygen atoms in total. The minimum atomic E-state index is -1.06. The Bertz CT molecular complexity index is 1690. The highest BCUT2D eigenvalue weighted by Crippen LogP contribution is 2.40. The number of amides is 1. The maximum absolute atomic E-state index is 12.4. The fourth-order valence-corrected chi connectivity index (χ4v) is 8.06. The van der Waals surface area contributed by atoms with E-state index in [1.807, 2.05) is 17.0 Å². The molecule has 1 amide bonds. The van der Waals surface area contributed by atoms with E-state index in [9.17, 15) is 14.9 Å². The van der Waals surface area contributed by atoms with Crippen LogP contribution in [0.4, 0.5) is 17.3 Å². The lowest BCUT2D eigenvalue weighted by Gasteiger charge is -2.41. The van der Waals surface area contributed by atoms with Crippen LogP contribution in [0.15, 0.2) is 30.3 Å². The van der Waals surface area contributed by atoms with Gasteiger partial charge in [-0.25, -0.2) is 4.79 Å². The maximum Gasteiger partial charge on any atom is 0.356 e. The highest BCUT2D eigenvalue weighted by molar-refractivity contribution is 5.85. The van der Waals surface area contributed by atoms with Crippen molar-refractivity contribution >= 4 is 29.2 Å². The van der Waals surface area contributed by atoms with Gasteiger partial charge in [0.25, 0.3) is 0 Å². The van der Waals surface area contributed by atoms with Crippen molar-refractivity contribution in [1.82, 2.24) is 29.8 Å². The first-order chi connectivity index (χ1) is 22.8. The Labute approximate surface area is 275 Å². The summed E-state index contributed by atoms with van der Waals surface area (Å²) < 4.78 is 2.31. The summed E-state index contributed by atoms with van der Waals surface area (Å²) in [5, 5.41) is 32.0. The first-order valence-electron chi connectivity index (χ1n) is 17.0. The Morgan fingerprint density at radius 2 is 1.85 bits per heavy atom. The number of carbonyl (C=O) groups is 2. The predicted octanol–water partition coefficient (Wildman–Crippen LogP) is 4.03. The number of aromatic carboxylic acids is 1. The molecule has 7 rings (SSSR count). The summed E-state index contributed by atoms with van der Waals surface area (Å²) in [4.78, 5) is 32.7. The number of carbonyl (C=O) groups excluding carboxylic acids is 1. The summed E-state index contributed by atoms with van der Waals surface area (Å²) in [7, 11) is 0. The van der Waals surface area contributed by atoms with Crippen molar-refractivity contribution in [1.29, 1.82) is 5.26 Å². The summed E-state index contributed by atoms with van der Waals surface area (Å²) in [5.41, 5.74) is 5.43. The number of nitrogens with zero attached hydrogens (tertiary/aromatic N) is 9. The second-order valence-electron chi connectivity index (χ2n) is 13.7. The fraction of sp³-hybridized carbons (Fsp3) is 0.543. The van der Waals surface area contributed by atoms with E-state index in [1.165, 1.54) is 22.9 Å². The lowest BCUT2D eigenvalue weighted by molar-refractivity contribution is -0.129.